The SMILES string of the molecule is Oc1ccc2c(c1)Cc1ccccc1S2. The number of hydrogen-bond donors (Lipinski definition) is 1. The highest BCUT2D eigenvalue weighted by Gasteiger charge is 2.15. The van der Waals surface area contributed by atoms with Crippen LogP contribution < -0.4 is 0 Å². The van der Waals surface area contributed by atoms with Crippen LogP contribution in [0.25, 0.3) is 0 Å². The summed E-state index contributed by atoms with van der Waals surface area (Å²) in [5.41, 5.74) is 2.57. The van der Waals surface area contributed by atoms with Gasteiger partial charge in [-0.05, 0) is 41.8 Å². The van der Waals surface area contributed by atoms with E-state index >= 15 is 0 Å². The first-order valence-electron chi connectivity index (χ1n) is 4.90. The standard InChI is InChI=1S/C13H10OS/c14-11-5-6-13-10(8-11)7-9-3-1-2-4-12(9)15-13/h1-6,8,14H,7H2. The molecule has 2 heteroatoms. The fraction of sp³-hybridized carbons (Fsp3) is 0.0769. The van der Waals surface area contributed by atoms with Gasteiger partial charge >= 0.3 is 0 Å². The van der Waals surface area contributed by atoms with E-state index in [0.717, 1.165) is 6.42 Å². The zero-order valence-electron chi connectivity index (χ0n) is 8.10. The van der Waals surface area contributed by atoms with Crippen LogP contribution in [0, 0.1) is 0 Å². The van der Waals surface area contributed by atoms with Crippen molar-refractivity contribution in [3.63, 3.8) is 0 Å². The largest absolute Gasteiger partial charge is 0.508 e. The van der Waals surface area contributed by atoms with Crippen LogP contribution in [0.3, 0.4) is 0 Å². The highest BCUT2D eigenvalue weighted by molar-refractivity contribution is 7.99. The summed E-state index contributed by atoms with van der Waals surface area (Å²) in [5.74, 6) is 0.355. The molecule has 0 radical (unpaired) electrons. The van der Waals surface area contributed by atoms with Gasteiger partial charge in [0.15, 0.2) is 0 Å². The van der Waals surface area contributed by atoms with Crippen LogP contribution >= 0.6 is 11.8 Å². The molecule has 0 saturated heterocycles. The molecule has 0 atom stereocenters. The lowest BCUT2D eigenvalue weighted by molar-refractivity contribution is 0.474. The van der Waals surface area contributed by atoms with Crippen LogP contribution in [0.4, 0.5) is 0 Å². The van der Waals surface area contributed by atoms with Crippen LogP contribution in [-0.2, 0) is 6.42 Å². The topological polar surface area (TPSA) is 20.2 Å². The smallest absolute Gasteiger partial charge is 0.115 e. The molecule has 0 spiro atoms. The molecule has 1 aliphatic heterocycles. The lowest BCUT2D eigenvalue weighted by Gasteiger charge is -2.18. The molecule has 15 heavy (non-hydrogen) atoms. The molecule has 0 fully saturated rings. The summed E-state index contributed by atoms with van der Waals surface area (Å²) in [6, 6.07) is 14.0. The van der Waals surface area contributed by atoms with Gasteiger partial charge in [0.2, 0.25) is 0 Å². The second-order valence-corrected chi connectivity index (χ2v) is 4.76. The van der Waals surface area contributed by atoms with Crippen molar-refractivity contribution in [2.75, 3.05) is 0 Å². The van der Waals surface area contributed by atoms with E-state index in [-0.39, 0.29) is 0 Å². The van der Waals surface area contributed by atoms with Gasteiger partial charge in [-0.1, -0.05) is 30.0 Å². The predicted molar refractivity (Wildman–Crippen MR) is 61.5 cm³/mol. The molecule has 0 aliphatic carbocycles. The van der Waals surface area contributed by atoms with Gasteiger partial charge in [-0.25, -0.2) is 0 Å². The molecule has 1 N–H and O–H groups in total. The highest BCUT2D eigenvalue weighted by Crippen LogP contribution is 2.40. The summed E-state index contributed by atoms with van der Waals surface area (Å²) >= 11 is 1.78. The molecule has 0 bridgehead atoms. The van der Waals surface area contributed by atoms with E-state index in [1.165, 1.54) is 20.9 Å². The van der Waals surface area contributed by atoms with Crippen molar-refractivity contribution in [3.8, 4) is 5.75 Å². The summed E-state index contributed by atoms with van der Waals surface area (Å²) < 4.78 is 0. The number of aromatic hydroxyl groups is 1. The average molecular weight is 214 g/mol. The van der Waals surface area contributed by atoms with E-state index in [4.69, 9.17) is 0 Å². The lowest BCUT2D eigenvalue weighted by atomic mass is 10.0. The first kappa shape index (κ1) is 8.86. The maximum atomic E-state index is 9.43. The Labute approximate surface area is 92.8 Å². The van der Waals surface area contributed by atoms with Crippen molar-refractivity contribution in [3.05, 3.63) is 53.6 Å². The quantitative estimate of drug-likeness (QED) is 0.618. The summed E-state index contributed by atoms with van der Waals surface area (Å²) in [4.78, 5) is 2.59. The Balaban J connectivity index is 2.11. The molecule has 3 rings (SSSR count). The summed E-state index contributed by atoms with van der Waals surface area (Å²) in [6.45, 7) is 0. The molecule has 0 unspecified atom stereocenters. The number of hydrogen-bond acceptors (Lipinski definition) is 2. The molecule has 2 aromatic carbocycles. The number of fused-ring (bicyclic) bond motifs is 2. The minimum absolute atomic E-state index is 0.355. The second-order valence-electron chi connectivity index (χ2n) is 3.68. The minimum Gasteiger partial charge on any atom is -0.508 e. The van der Waals surface area contributed by atoms with Crippen LogP contribution in [-0.4, -0.2) is 5.11 Å². The predicted octanol–water partition coefficient (Wildman–Crippen LogP) is 3.45. The van der Waals surface area contributed by atoms with E-state index in [9.17, 15) is 5.11 Å². The Morgan fingerprint density at radius 3 is 2.67 bits per heavy atom. The molecule has 74 valence electrons. The van der Waals surface area contributed by atoms with Crippen LogP contribution in [0.15, 0.2) is 52.3 Å². The number of rotatable bonds is 0. The van der Waals surface area contributed by atoms with E-state index < -0.39 is 0 Å². The molecular formula is C13H10OS. The van der Waals surface area contributed by atoms with Crippen molar-refractivity contribution in [1.82, 2.24) is 0 Å². The first-order chi connectivity index (χ1) is 7.33. The van der Waals surface area contributed by atoms with E-state index in [2.05, 4.69) is 24.3 Å². The van der Waals surface area contributed by atoms with Crippen molar-refractivity contribution >= 4 is 11.8 Å². The Bertz CT molecular complexity index is 520. The van der Waals surface area contributed by atoms with Crippen molar-refractivity contribution < 1.29 is 5.11 Å². The second kappa shape index (κ2) is 3.31. The third-order valence-corrected chi connectivity index (χ3v) is 3.85. The van der Waals surface area contributed by atoms with Crippen molar-refractivity contribution in [2.24, 2.45) is 0 Å². The third-order valence-electron chi connectivity index (χ3n) is 2.62. The van der Waals surface area contributed by atoms with Gasteiger partial charge in [0.25, 0.3) is 0 Å². The highest BCUT2D eigenvalue weighted by atomic mass is 32.2. The fourth-order valence-corrected chi connectivity index (χ4v) is 2.93. The Morgan fingerprint density at radius 1 is 0.933 bits per heavy atom. The summed E-state index contributed by atoms with van der Waals surface area (Å²) in [6.07, 6.45) is 0.924. The zero-order chi connectivity index (χ0) is 10.3. The van der Waals surface area contributed by atoms with Gasteiger partial charge in [-0.3, -0.25) is 0 Å². The Kier molecular flexibility index (Phi) is 1.96. The molecule has 1 heterocycles. The number of benzene rings is 2. The minimum atomic E-state index is 0.355. The van der Waals surface area contributed by atoms with Gasteiger partial charge in [0, 0.05) is 9.79 Å². The van der Waals surface area contributed by atoms with Gasteiger partial charge in [-0.2, -0.15) is 0 Å². The van der Waals surface area contributed by atoms with Crippen LogP contribution in [0.1, 0.15) is 11.1 Å². The van der Waals surface area contributed by atoms with Crippen LogP contribution in [0.2, 0.25) is 0 Å². The molecule has 0 amide bonds. The molecule has 2 aromatic rings. The monoisotopic (exact) mass is 214 g/mol. The van der Waals surface area contributed by atoms with E-state index in [1.807, 2.05) is 12.1 Å². The molecule has 1 aliphatic rings. The average Bonchev–Trinajstić information content (AvgIpc) is 2.26. The summed E-state index contributed by atoms with van der Waals surface area (Å²) in [7, 11) is 0. The van der Waals surface area contributed by atoms with E-state index in [1.54, 1.807) is 17.8 Å². The van der Waals surface area contributed by atoms with Gasteiger partial charge in [-0.15, -0.1) is 0 Å². The Hall–Kier alpha value is -1.41. The molecule has 0 aromatic heterocycles. The van der Waals surface area contributed by atoms with Gasteiger partial charge in [0.05, 0.1) is 0 Å². The van der Waals surface area contributed by atoms with Crippen molar-refractivity contribution in [1.29, 1.82) is 0 Å². The third kappa shape index (κ3) is 1.51. The number of phenolic OH excluding ortho intramolecular Hbond substituents is 1. The molecule has 0 saturated carbocycles. The lowest BCUT2D eigenvalue weighted by Crippen LogP contribution is -1.98. The van der Waals surface area contributed by atoms with Gasteiger partial charge in [0.1, 0.15) is 5.75 Å². The number of phenols is 1. The maximum absolute atomic E-state index is 9.43. The molecule has 1 nitrogen and oxygen atoms in total. The normalized spacial score (nSPS) is 13.1. The molecular weight excluding hydrogens is 204 g/mol. The van der Waals surface area contributed by atoms with Gasteiger partial charge < -0.3 is 5.11 Å². The fourth-order valence-electron chi connectivity index (χ4n) is 1.88. The Morgan fingerprint density at radius 2 is 1.73 bits per heavy atom. The van der Waals surface area contributed by atoms with Crippen LogP contribution in [0.5, 0.6) is 5.75 Å². The first-order valence-corrected chi connectivity index (χ1v) is 5.72. The summed E-state index contributed by atoms with van der Waals surface area (Å²) in [5, 5.41) is 9.43. The van der Waals surface area contributed by atoms with Crippen molar-refractivity contribution in [2.45, 2.75) is 16.2 Å². The van der Waals surface area contributed by atoms with E-state index in [0.29, 0.717) is 5.75 Å². The zero-order valence-corrected chi connectivity index (χ0v) is 8.92. The maximum Gasteiger partial charge on any atom is 0.115 e.